The van der Waals surface area contributed by atoms with Crippen molar-refractivity contribution in [2.24, 2.45) is 17.3 Å². The lowest BCUT2D eigenvalue weighted by molar-refractivity contribution is -0.192. The second kappa shape index (κ2) is 12.8. The van der Waals surface area contributed by atoms with Crippen molar-refractivity contribution in [1.29, 1.82) is 0 Å². The molecule has 10 nitrogen and oxygen atoms in total. The number of esters is 3. The van der Waals surface area contributed by atoms with Crippen molar-refractivity contribution >= 4 is 29.8 Å². The first-order valence-corrected chi connectivity index (χ1v) is 14.9. The Morgan fingerprint density at radius 2 is 1.39 bits per heavy atom. The molecule has 2 fully saturated rings. The number of amides is 3. The van der Waals surface area contributed by atoms with Crippen LogP contribution >= 0.6 is 0 Å². The molecule has 1 aliphatic heterocycles. The number of benzene rings is 2. The number of urea groups is 1. The molecule has 3 amide bonds. The second-order valence-corrected chi connectivity index (χ2v) is 13.2. The van der Waals surface area contributed by atoms with Crippen molar-refractivity contribution in [3.05, 3.63) is 71.8 Å². The summed E-state index contributed by atoms with van der Waals surface area (Å²) in [5, 5.41) is 0. The van der Waals surface area contributed by atoms with Crippen LogP contribution in [0.25, 0.3) is 0 Å². The molecule has 0 N–H and O–H groups in total. The number of hydrogen-bond acceptors (Lipinski definition) is 8. The van der Waals surface area contributed by atoms with E-state index in [0.29, 0.717) is 11.1 Å². The first-order chi connectivity index (χ1) is 20.7. The van der Waals surface area contributed by atoms with Gasteiger partial charge in [0.05, 0.1) is 12.5 Å². The molecule has 2 aromatic carbocycles. The van der Waals surface area contributed by atoms with E-state index in [9.17, 15) is 24.0 Å². The Labute approximate surface area is 258 Å². The van der Waals surface area contributed by atoms with Gasteiger partial charge in [-0.15, -0.1) is 0 Å². The maximum Gasteiger partial charge on any atom is 0.327 e. The van der Waals surface area contributed by atoms with Gasteiger partial charge in [0.2, 0.25) is 0 Å². The summed E-state index contributed by atoms with van der Waals surface area (Å²) in [7, 11) is 1.47. The number of nitrogens with zero attached hydrogens (tertiary/aromatic N) is 2. The normalized spacial score (nSPS) is 18.4. The fraction of sp³-hybridized carbons (Fsp3) is 0.500. The third kappa shape index (κ3) is 7.11. The Balaban J connectivity index is 1.82. The van der Waals surface area contributed by atoms with Crippen LogP contribution in [0.1, 0.15) is 65.0 Å². The Bertz CT molecular complexity index is 1380. The van der Waals surface area contributed by atoms with Crippen LogP contribution < -0.4 is 0 Å². The molecule has 236 valence electrons. The summed E-state index contributed by atoms with van der Waals surface area (Å²) in [5.74, 6) is -4.90. The molecule has 0 spiro atoms. The molecule has 1 saturated heterocycles. The van der Waals surface area contributed by atoms with Gasteiger partial charge in [-0.25, -0.2) is 4.79 Å². The summed E-state index contributed by atoms with van der Waals surface area (Å²) in [6.45, 7) is 7.03. The Morgan fingerprint density at radius 3 is 1.84 bits per heavy atom. The zero-order chi connectivity index (χ0) is 32.3. The number of likely N-dealkylation sites (N-methyl/N-ethyl adjacent to an activating group) is 1. The molecule has 1 aliphatic carbocycles. The minimum absolute atomic E-state index is 0.0390. The first-order valence-electron chi connectivity index (χ1n) is 14.9. The number of carbonyl (C=O) groups is 5. The highest BCUT2D eigenvalue weighted by atomic mass is 16.6. The average Bonchev–Trinajstić information content (AvgIpc) is 3.79. The molecule has 44 heavy (non-hydrogen) atoms. The van der Waals surface area contributed by atoms with Crippen molar-refractivity contribution in [1.82, 2.24) is 9.80 Å². The molecule has 2 aromatic rings. The quantitative estimate of drug-likeness (QED) is 0.145. The van der Waals surface area contributed by atoms with E-state index in [0.717, 1.165) is 17.7 Å². The van der Waals surface area contributed by atoms with Gasteiger partial charge in [-0.2, -0.15) is 0 Å². The number of imide groups is 1. The number of hydrogen-bond donors (Lipinski definition) is 0. The maximum atomic E-state index is 14.4. The van der Waals surface area contributed by atoms with Gasteiger partial charge >= 0.3 is 23.9 Å². The zero-order valence-electron chi connectivity index (χ0n) is 26.3. The van der Waals surface area contributed by atoms with Gasteiger partial charge in [0.15, 0.2) is 5.41 Å². The van der Waals surface area contributed by atoms with E-state index in [4.69, 9.17) is 14.2 Å². The van der Waals surface area contributed by atoms with Gasteiger partial charge in [0, 0.05) is 7.05 Å². The topological polar surface area (TPSA) is 120 Å². The molecule has 2 atom stereocenters. The van der Waals surface area contributed by atoms with Crippen LogP contribution in [0, 0.1) is 17.3 Å². The molecule has 2 aliphatic rings. The van der Waals surface area contributed by atoms with Crippen LogP contribution in [0.3, 0.4) is 0 Å². The predicted octanol–water partition coefficient (Wildman–Crippen LogP) is 4.89. The molecular formula is C34H42N2O8. The molecular weight excluding hydrogens is 564 g/mol. The van der Waals surface area contributed by atoms with Crippen molar-refractivity contribution in [2.45, 2.75) is 78.2 Å². The van der Waals surface area contributed by atoms with E-state index in [2.05, 4.69) is 0 Å². The van der Waals surface area contributed by atoms with E-state index in [1.807, 2.05) is 12.1 Å². The first kappa shape index (κ1) is 32.7. The lowest BCUT2D eigenvalue weighted by Gasteiger charge is -2.38. The highest BCUT2D eigenvalue weighted by Gasteiger charge is 2.64. The van der Waals surface area contributed by atoms with Crippen LogP contribution in [-0.4, -0.2) is 64.4 Å². The zero-order valence-corrected chi connectivity index (χ0v) is 26.3. The molecule has 10 heteroatoms. The summed E-state index contributed by atoms with van der Waals surface area (Å²) < 4.78 is 17.3. The minimum atomic E-state index is -2.40. The minimum Gasteiger partial charge on any atom is -0.461 e. The summed E-state index contributed by atoms with van der Waals surface area (Å²) in [6, 6.07) is 17.2. The molecule has 0 bridgehead atoms. The van der Waals surface area contributed by atoms with Crippen LogP contribution in [0.4, 0.5) is 4.79 Å². The highest BCUT2D eigenvalue weighted by Crippen LogP contribution is 2.46. The summed E-state index contributed by atoms with van der Waals surface area (Å²) in [4.78, 5) is 72.1. The van der Waals surface area contributed by atoms with Crippen LogP contribution in [-0.2, 0) is 46.6 Å². The maximum absolute atomic E-state index is 14.4. The fourth-order valence-corrected chi connectivity index (χ4v) is 5.21. The SMILES string of the molecule is CN1C(=O)N(C[C@](C(=O)OCc2ccccc2)(C(=O)OC(C)(C)C)[C@@H](CC2CC2)C(=O)OCc2ccccc2)C(=O)C1(C)C. The number of carbonyl (C=O) groups excluding carboxylic acids is 5. The van der Waals surface area contributed by atoms with E-state index in [-0.39, 0.29) is 25.6 Å². The van der Waals surface area contributed by atoms with Gasteiger partial charge in [-0.3, -0.25) is 24.1 Å². The van der Waals surface area contributed by atoms with Crippen LogP contribution in [0.5, 0.6) is 0 Å². The second-order valence-electron chi connectivity index (χ2n) is 13.2. The van der Waals surface area contributed by atoms with E-state index in [1.54, 1.807) is 83.1 Å². The summed E-state index contributed by atoms with van der Waals surface area (Å²) in [5.41, 5.74) is -3.35. The van der Waals surface area contributed by atoms with Crippen LogP contribution in [0.15, 0.2) is 60.7 Å². The molecule has 1 heterocycles. The van der Waals surface area contributed by atoms with Crippen molar-refractivity contribution < 1.29 is 38.2 Å². The lowest BCUT2D eigenvalue weighted by atomic mass is 9.71. The van der Waals surface area contributed by atoms with Crippen molar-refractivity contribution in [3.63, 3.8) is 0 Å². The van der Waals surface area contributed by atoms with E-state index in [1.165, 1.54) is 11.9 Å². The molecule has 0 unspecified atom stereocenters. The lowest BCUT2D eigenvalue weighted by Crippen LogP contribution is -2.59. The van der Waals surface area contributed by atoms with Gasteiger partial charge in [-0.1, -0.05) is 73.5 Å². The van der Waals surface area contributed by atoms with Gasteiger partial charge in [0.25, 0.3) is 5.91 Å². The Hall–Kier alpha value is -4.21. The van der Waals surface area contributed by atoms with Crippen molar-refractivity contribution in [3.8, 4) is 0 Å². The summed E-state index contributed by atoms with van der Waals surface area (Å²) >= 11 is 0. The van der Waals surface area contributed by atoms with Gasteiger partial charge < -0.3 is 19.1 Å². The number of ether oxygens (including phenoxy) is 3. The highest BCUT2D eigenvalue weighted by molar-refractivity contribution is 6.09. The van der Waals surface area contributed by atoms with Gasteiger partial charge in [-0.05, 0) is 58.1 Å². The van der Waals surface area contributed by atoms with Gasteiger partial charge in [0.1, 0.15) is 24.4 Å². The number of rotatable bonds is 12. The van der Waals surface area contributed by atoms with Crippen LogP contribution in [0.2, 0.25) is 0 Å². The Kier molecular flexibility index (Phi) is 9.51. The molecule has 1 saturated carbocycles. The Morgan fingerprint density at radius 1 is 0.864 bits per heavy atom. The summed E-state index contributed by atoms with van der Waals surface area (Å²) in [6.07, 6.45) is 1.70. The molecule has 4 rings (SSSR count). The van der Waals surface area contributed by atoms with E-state index < -0.39 is 58.9 Å². The smallest absolute Gasteiger partial charge is 0.327 e. The fourth-order valence-electron chi connectivity index (χ4n) is 5.21. The third-order valence-electron chi connectivity index (χ3n) is 8.24. The van der Waals surface area contributed by atoms with Crippen molar-refractivity contribution in [2.75, 3.05) is 13.6 Å². The molecule has 0 aromatic heterocycles. The largest absolute Gasteiger partial charge is 0.461 e. The monoisotopic (exact) mass is 606 g/mol. The standard InChI is InChI=1S/C34H42N2O8/c1-32(2,3)44-30(40)34(29(39)43-21-25-15-11-8-12-16-25,22-36-28(38)33(4,5)35(6)31(36)41)26(19-23-17-18-23)27(37)42-20-24-13-9-7-10-14-24/h7-16,23,26H,17-22H2,1-6H3/t26-,34-/m0/s1. The third-order valence-corrected chi connectivity index (χ3v) is 8.24. The molecule has 0 radical (unpaired) electrons. The predicted molar refractivity (Wildman–Crippen MR) is 161 cm³/mol. The van der Waals surface area contributed by atoms with E-state index >= 15 is 0 Å². The average molecular weight is 607 g/mol.